The number of carbonyl (C=O) groups is 1. The Labute approximate surface area is 115 Å². The van der Waals surface area contributed by atoms with E-state index in [1.165, 1.54) is 12.1 Å². The fraction of sp³-hybridized carbons (Fsp3) is 0.133. The molecule has 2 aromatic carbocycles. The van der Waals surface area contributed by atoms with Crippen molar-refractivity contribution in [3.8, 4) is 17.2 Å². The SMILES string of the molecule is CCOc1ccccc1Oc1c(F)cccc1C(=O)O. The summed E-state index contributed by atoms with van der Waals surface area (Å²) in [6.07, 6.45) is 0. The van der Waals surface area contributed by atoms with Gasteiger partial charge in [-0.1, -0.05) is 18.2 Å². The summed E-state index contributed by atoms with van der Waals surface area (Å²) in [6, 6.07) is 10.4. The van der Waals surface area contributed by atoms with Crippen molar-refractivity contribution in [3.63, 3.8) is 0 Å². The van der Waals surface area contributed by atoms with E-state index < -0.39 is 11.8 Å². The summed E-state index contributed by atoms with van der Waals surface area (Å²) in [5.41, 5.74) is -0.240. The van der Waals surface area contributed by atoms with Crippen LogP contribution in [0.5, 0.6) is 17.2 Å². The van der Waals surface area contributed by atoms with Gasteiger partial charge in [-0.25, -0.2) is 9.18 Å². The summed E-state index contributed by atoms with van der Waals surface area (Å²) < 4.78 is 24.5. The van der Waals surface area contributed by atoms with Crippen molar-refractivity contribution in [3.05, 3.63) is 53.8 Å². The normalized spacial score (nSPS) is 10.1. The van der Waals surface area contributed by atoms with Crippen LogP contribution in [-0.4, -0.2) is 17.7 Å². The molecule has 0 atom stereocenters. The van der Waals surface area contributed by atoms with E-state index in [2.05, 4.69) is 0 Å². The quantitative estimate of drug-likeness (QED) is 0.904. The fourth-order valence-electron chi connectivity index (χ4n) is 1.70. The lowest BCUT2D eigenvalue weighted by Crippen LogP contribution is -2.03. The van der Waals surface area contributed by atoms with E-state index in [1.807, 2.05) is 6.92 Å². The maximum Gasteiger partial charge on any atom is 0.339 e. The lowest BCUT2D eigenvalue weighted by Gasteiger charge is -2.13. The molecule has 0 heterocycles. The van der Waals surface area contributed by atoms with Crippen LogP contribution < -0.4 is 9.47 Å². The predicted molar refractivity (Wildman–Crippen MR) is 71.0 cm³/mol. The molecule has 104 valence electrons. The van der Waals surface area contributed by atoms with Crippen LogP contribution in [0.1, 0.15) is 17.3 Å². The number of carboxylic acid groups (broad SMARTS) is 1. The molecule has 0 saturated heterocycles. The lowest BCUT2D eigenvalue weighted by atomic mass is 10.2. The van der Waals surface area contributed by atoms with Crippen molar-refractivity contribution in [2.24, 2.45) is 0 Å². The van der Waals surface area contributed by atoms with Gasteiger partial charge in [-0.3, -0.25) is 0 Å². The van der Waals surface area contributed by atoms with Gasteiger partial charge in [-0.2, -0.15) is 0 Å². The highest BCUT2D eigenvalue weighted by atomic mass is 19.1. The second-order valence-corrected chi connectivity index (χ2v) is 3.90. The van der Waals surface area contributed by atoms with Crippen LogP contribution in [-0.2, 0) is 0 Å². The zero-order valence-corrected chi connectivity index (χ0v) is 10.8. The standard InChI is InChI=1S/C15H13FO4/c1-2-19-12-8-3-4-9-13(12)20-14-10(15(17)18)6-5-7-11(14)16/h3-9H,2H2,1H3,(H,17,18). The molecule has 5 heteroatoms. The average molecular weight is 276 g/mol. The van der Waals surface area contributed by atoms with Gasteiger partial charge in [0.25, 0.3) is 0 Å². The first-order valence-corrected chi connectivity index (χ1v) is 6.05. The molecule has 0 fully saturated rings. The molecule has 0 aliphatic carbocycles. The second kappa shape index (κ2) is 6.06. The number of para-hydroxylation sites is 3. The number of carboxylic acids is 1. The number of benzene rings is 2. The maximum absolute atomic E-state index is 13.8. The molecule has 2 rings (SSSR count). The minimum absolute atomic E-state index is 0.240. The zero-order chi connectivity index (χ0) is 14.5. The van der Waals surface area contributed by atoms with E-state index in [-0.39, 0.29) is 17.1 Å². The third-order valence-corrected chi connectivity index (χ3v) is 2.56. The Morgan fingerprint density at radius 2 is 1.85 bits per heavy atom. The summed E-state index contributed by atoms with van der Waals surface area (Å²) in [5.74, 6) is -1.63. The number of rotatable bonds is 5. The van der Waals surface area contributed by atoms with Gasteiger partial charge in [-0.15, -0.1) is 0 Å². The third-order valence-electron chi connectivity index (χ3n) is 2.56. The highest BCUT2D eigenvalue weighted by Gasteiger charge is 2.17. The smallest absolute Gasteiger partial charge is 0.339 e. The summed E-state index contributed by atoms with van der Waals surface area (Å²) in [7, 11) is 0. The Morgan fingerprint density at radius 3 is 2.50 bits per heavy atom. The Bertz CT molecular complexity index is 625. The zero-order valence-electron chi connectivity index (χ0n) is 10.8. The van der Waals surface area contributed by atoms with Crippen LogP contribution in [0.2, 0.25) is 0 Å². The van der Waals surface area contributed by atoms with E-state index in [9.17, 15) is 9.18 Å². The number of halogens is 1. The molecular weight excluding hydrogens is 263 g/mol. The van der Waals surface area contributed by atoms with Gasteiger partial charge < -0.3 is 14.6 Å². The van der Waals surface area contributed by atoms with Gasteiger partial charge in [0.15, 0.2) is 23.1 Å². The summed E-state index contributed by atoms with van der Waals surface area (Å²) in [5, 5.41) is 9.06. The molecular formula is C15H13FO4. The molecule has 0 aliphatic rings. The number of hydrogen-bond acceptors (Lipinski definition) is 3. The predicted octanol–water partition coefficient (Wildman–Crippen LogP) is 3.71. The highest BCUT2D eigenvalue weighted by molar-refractivity contribution is 5.91. The lowest BCUT2D eigenvalue weighted by molar-refractivity contribution is 0.0693. The molecule has 0 unspecified atom stereocenters. The van der Waals surface area contributed by atoms with Crippen LogP contribution >= 0.6 is 0 Å². The summed E-state index contributed by atoms with van der Waals surface area (Å²) in [4.78, 5) is 11.1. The van der Waals surface area contributed by atoms with Gasteiger partial charge in [0, 0.05) is 0 Å². The minimum atomic E-state index is -1.26. The van der Waals surface area contributed by atoms with Crippen LogP contribution in [0.3, 0.4) is 0 Å². The first kappa shape index (κ1) is 13.9. The van der Waals surface area contributed by atoms with Gasteiger partial charge in [0.05, 0.1) is 6.61 Å². The fourth-order valence-corrected chi connectivity index (χ4v) is 1.70. The molecule has 4 nitrogen and oxygen atoms in total. The molecule has 0 bridgehead atoms. The first-order chi connectivity index (χ1) is 9.63. The number of hydrogen-bond donors (Lipinski definition) is 1. The number of aromatic carboxylic acids is 1. The molecule has 0 spiro atoms. The second-order valence-electron chi connectivity index (χ2n) is 3.90. The Balaban J connectivity index is 2.42. The van der Waals surface area contributed by atoms with Crippen molar-refractivity contribution < 1.29 is 23.8 Å². The van der Waals surface area contributed by atoms with E-state index in [0.717, 1.165) is 6.07 Å². The molecule has 0 aromatic heterocycles. The van der Waals surface area contributed by atoms with Gasteiger partial charge >= 0.3 is 5.97 Å². The van der Waals surface area contributed by atoms with E-state index >= 15 is 0 Å². The molecule has 1 N–H and O–H groups in total. The van der Waals surface area contributed by atoms with Crippen LogP contribution in [0.15, 0.2) is 42.5 Å². The van der Waals surface area contributed by atoms with E-state index in [4.69, 9.17) is 14.6 Å². The molecule has 0 saturated carbocycles. The van der Waals surface area contributed by atoms with Crippen molar-refractivity contribution >= 4 is 5.97 Å². The van der Waals surface area contributed by atoms with Crippen molar-refractivity contribution in [2.45, 2.75) is 6.92 Å². The van der Waals surface area contributed by atoms with Crippen LogP contribution in [0, 0.1) is 5.82 Å². The first-order valence-electron chi connectivity index (χ1n) is 6.05. The van der Waals surface area contributed by atoms with Crippen molar-refractivity contribution in [2.75, 3.05) is 6.61 Å². The van der Waals surface area contributed by atoms with Crippen LogP contribution in [0.4, 0.5) is 4.39 Å². The Kier molecular flexibility index (Phi) is 4.20. The third kappa shape index (κ3) is 2.88. The molecule has 2 aromatic rings. The average Bonchev–Trinajstić information content (AvgIpc) is 2.43. The summed E-state index contributed by atoms with van der Waals surface area (Å²) in [6.45, 7) is 2.23. The van der Waals surface area contributed by atoms with Crippen LogP contribution in [0.25, 0.3) is 0 Å². The monoisotopic (exact) mass is 276 g/mol. The minimum Gasteiger partial charge on any atom is -0.490 e. The molecule has 20 heavy (non-hydrogen) atoms. The molecule has 0 radical (unpaired) electrons. The van der Waals surface area contributed by atoms with E-state index in [1.54, 1.807) is 24.3 Å². The Morgan fingerprint density at radius 1 is 1.15 bits per heavy atom. The molecule has 0 amide bonds. The summed E-state index contributed by atoms with van der Waals surface area (Å²) >= 11 is 0. The van der Waals surface area contributed by atoms with Gasteiger partial charge in [0.1, 0.15) is 5.56 Å². The van der Waals surface area contributed by atoms with Crippen molar-refractivity contribution in [1.29, 1.82) is 0 Å². The van der Waals surface area contributed by atoms with Gasteiger partial charge in [0.2, 0.25) is 0 Å². The van der Waals surface area contributed by atoms with E-state index in [0.29, 0.717) is 12.4 Å². The van der Waals surface area contributed by atoms with Gasteiger partial charge in [-0.05, 0) is 31.2 Å². The largest absolute Gasteiger partial charge is 0.490 e. The Hall–Kier alpha value is -2.56. The maximum atomic E-state index is 13.8. The highest BCUT2D eigenvalue weighted by Crippen LogP contribution is 2.34. The van der Waals surface area contributed by atoms with Crippen molar-refractivity contribution in [1.82, 2.24) is 0 Å². The number of ether oxygens (including phenoxy) is 2. The topological polar surface area (TPSA) is 55.8 Å². The molecule has 0 aliphatic heterocycles.